The van der Waals surface area contributed by atoms with Gasteiger partial charge in [-0.2, -0.15) is 0 Å². The molecule has 1 heterocycles. The fraction of sp³-hybridized carbons (Fsp3) is 0.267. The van der Waals surface area contributed by atoms with Crippen LogP contribution in [0.3, 0.4) is 0 Å². The molecule has 3 heteroatoms. The number of fused-ring (bicyclic) bond motifs is 3. The zero-order chi connectivity index (χ0) is 11.7. The Morgan fingerprint density at radius 1 is 1.11 bits per heavy atom. The van der Waals surface area contributed by atoms with Gasteiger partial charge in [-0.3, -0.25) is 4.99 Å². The lowest BCUT2D eigenvalue weighted by molar-refractivity contribution is 0.995. The van der Waals surface area contributed by atoms with E-state index in [0.717, 1.165) is 25.2 Å². The zero-order valence-corrected chi connectivity index (χ0v) is 12.8. The molecule has 0 aromatic heterocycles. The van der Waals surface area contributed by atoms with Gasteiger partial charge in [0.1, 0.15) is 5.84 Å². The van der Waals surface area contributed by atoms with Crippen LogP contribution >= 0.6 is 24.0 Å². The van der Waals surface area contributed by atoms with E-state index in [1.807, 2.05) is 0 Å². The first-order valence-electron chi connectivity index (χ1n) is 6.19. The third-order valence-corrected chi connectivity index (χ3v) is 3.28. The number of aryl methyl sites for hydroxylation is 1. The smallest absolute Gasteiger partial charge is 0.101 e. The first kappa shape index (κ1) is 13.3. The summed E-state index contributed by atoms with van der Waals surface area (Å²) in [6.45, 7) is 2.93. The van der Waals surface area contributed by atoms with Crippen molar-refractivity contribution < 1.29 is 0 Å². The van der Waals surface area contributed by atoms with Crippen molar-refractivity contribution in [1.82, 2.24) is 0 Å². The number of hydrogen-bond acceptors (Lipinski definition) is 1. The van der Waals surface area contributed by atoms with Gasteiger partial charge in [0.05, 0.1) is 0 Å². The average Bonchev–Trinajstić information content (AvgIpc) is 2.39. The van der Waals surface area contributed by atoms with Gasteiger partial charge in [0.25, 0.3) is 0 Å². The maximum absolute atomic E-state index is 4.47. The molecule has 94 valence electrons. The third-order valence-electron chi connectivity index (χ3n) is 3.28. The molecule has 0 spiro atoms. The standard InChI is InChI=1S/C15H16N2.HI/c1-2-16-15-10-8-13-12-6-4-3-5-11(12)7-9-14(13)17-15;/h3-7,9H,2,8,10H2,1H3,(H,16,17);1H. The van der Waals surface area contributed by atoms with E-state index in [1.165, 1.54) is 22.0 Å². The van der Waals surface area contributed by atoms with E-state index in [1.54, 1.807) is 0 Å². The minimum Gasteiger partial charge on any atom is -0.344 e. The normalized spacial score (nSPS) is 15.9. The summed E-state index contributed by atoms with van der Waals surface area (Å²) in [4.78, 5) is 4.47. The first-order valence-corrected chi connectivity index (χ1v) is 6.19. The molecule has 0 fully saturated rings. The molecule has 2 nitrogen and oxygen atoms in total. The Labute approximate surface area is 125 Å². The lowest BCUT2D eigenvalue weighted by Crippen LogP contribution is -2.20. The van der Waals surface area contributed by atoms with E-state index < -0.39 is 0 Å². The summed E-state index contributed by atoms with van der Waals surface area (Å²) in [6.07, 6.45) is 2.11. The van der Waals surface area contributed by atoms with Crippen LogP contribution in [0.15, 0.2) is 41.4 Å². The second kappa shape index (κ2) is 5.69. The maximum Gasteiger partial charge on any atom is 0.101 e. The summed E-state index contributed by atoms with van der Waals surface area (Å²) in [7, 11) is 0. The molecule has 0 bridgehead atoms. The molecular weight excluding hydrogens is 335 g/mol. The van der Waals surface area contributed by atoms with Crippen LogP contribution in [-0.4, -0.2) is 12.4 Å². The first-order chi connectivity index (χ1) is 8.38. The lowest BCUT2D eigenvalue weighted by Gasteiger charge is -2.21. The second-order valence-electron chi connectivity index (χ2n) is 4.36. The van der Waals surface area contributed by atoms with Gasteiger partial charge in [-0.15, -0.1) is 24.0 Å². The molecule has 0 atom stereocenters. The summed E-state index contributed by atoms with van der Waals surface area (Å²) in [6, 6.07) is 12.9. The van der Waals surface area contributed by atoms with Crippen molar-refractivity contribution in [2.75, 3.05) is 11.9 Å². The largest absolute Gasteiger partial charge is 0.344 e. The molecule has 0 saturated carbocycles. The number of nitrogens with zero attached hydrogens (tertiary/aromatic N) is 1. The Hall–Kier alpha value is -1.10. The molecule has 3 rings (SSSR count). The van der Waals surface area contributed by atoms with Crippen LogP contribution in [0.5, 0.6) is 0 Å². The summed E-state index contributed by atoms with van der Waals surface area (Å²) in [5.74, 6) is 1.12. The molecule has 1 aliphatic heterocycles. The van der Waals surface area contributed by atoms with E-state index in [2.05, 4.69) is 53.6 Å². The Kier molecular flexibility index (Phi) is 4.22. The minimum absolute atomic E-state index is 0. The van der Waals surface area contributed by atoms with Crippen molar-refractivity contribution in [2.24, 2.45) is 4.99 Å². The van der Waals surface area contributed by atoms with Crippen LogP contribution in [-0.2, 0) is 6.42 Å². The molecule has 2 aromatic carbocycles. The van der Waals surface area contributed by atoms with Gasteiger partial charge in [-0.25, -0.2) is 0 Å². The maximum atomic E-state index is 4.47. The quantitative estimate of drug-likeness (QED) is 0.763. The predicted molar refractivity (Wildman–Crippen MR) is 89.3 cm³/mol. The Balaban J connectivity index is 0.00000120. The van der Waals surface area contributed by atoms with Crippen LogP contribution in [0.25, 0.3) is 10.8 Å². The molecule has 1 N–H and O–H groups in total. The average molecular weight is 352 g/mol. The summed E-state index contributed by atoms with van der Waals surface area (Å²) in [5.41, 5.74) is 2.65. The molecule has 0 saturated heterocycles. The van der Waals surface area contributed by atoms with E-state index in [0.29, 0.717) is 0 Å². The summed E-state index contributed by atoms with van der Waals surface area (Å²) < 4.78 is 0. The fourth-order valence-electron chi connectivity index (χ4n) is 2.49. The molecule has 0 radical (unpaired) electrons. The van der Waals surface area contributed by atoms with Crippen LogP contribution in [0.1, 0.15) is 18.9 Å². The van der Waals surface area contributed by atoms with Crippen molar-refractivity contribution in [3.05, 3.63) is 42.0 Å². The number of halogens is 1. The number of hydrogen-bond donors (Lipinski definition) is 1. The predicted octanol–water partition coefficient (Wildman–Crippen LogP) is 4.23. The highest BCUT2D eigenvalue weighted by Crippen LogP contribution is 2.30. The van der Waals surface area contributed by atoms with Crippen molar-refractivity contribution >= 4 is 46.3 Å². The number of aliphatic imine (C=N–C) groups is 1. The highest BCUT2D eigenvalue weighted by Gasteiger charge is 2.15. The Morgan fingerprint density at radius 3 is 2.78 bits per heavy atom. The van der Waals surface area contributed by atoms with E-state index >= 15 is 0 Å². The number of nitrogens with one attached hydrogen (secondary N) is 1. The van der Waals surface area contributed by atoms with Crippen molar-refractivity contribution in [3.8, 4) is 0 Å². The lowest BCUT2D eigenvalue weighted by atomic mass is 9.96. The third kappa shape index (κ3) is 2.36. The van der Waals surface area contributed by atoms with Crippen LogP contribution in [0, 0.1) is 0 Å². The molecule has 18 heavy (non-hydrogen) atoms. The number of rotatable bonds is 1. The van der Waals surface area contributed by atoms with Crippen molar-refractivity contribution in [2.45, 2.75) is 19.8 Å². The van der Waals surface area contributed by atoms with Gasteiger partial charge < -0.3 is 5.32 Å². The van der Waals surface area contributed by atoms with Crippen molar-refractivity contribution in [3.63, 3.8) is 0 Å². The SMILES string of the molecule is CCN=C1CCc2c(ccc3ccccc23)N1.I. The van der Waals surface area contributed by atoms with Crippen LogP contribution in [0.2, 0.25) is 0 Å². The number of anilines is 1. The van der Waals surface area contributed by atoms with Crippen LogP contribution < -0.4 is 5.32 Å². The fourth-order valence-corrected chi connectivity index (χ4v) is 2.49. The summed E-state index contributed by atoms with van der Waals surface area (Å²) >= 11 is 0. The van der Waals surface area contributed by atoms with E-state index in [9.17, 15) is 0 Å². The minimum atomic E-state index is 0. The van der Waals surface area contributed by atoms with Gasteiger partial charge in [0.15, 0.2) is 0 Å². The number of benzene rings is 2. The highest BCUT2D eigenvalue weighted by molar-refractivity contribution is 14.0. The second-order valence-corrected chi connectivity index (χ2v) is 4.36. The van der Waals surface area contributed by atoms with Gasteiger partial charge in [-0.05, 0) is 35.7 Å². The zero-order valence-electron chi connectivity index (χ0n) is 10.4. The Bertz CT molecular complexity index is 590. The molecule has 0 unspecified atom stereocenters. The van der Waals surface area contributed by atoms with Gasteiger partial charge in [-0.1, -0.05) is 30.3 Å². The molecule has 0 aliphatic carbocycles. The highest BCUT2D eigenvalue weighted by atomic mass is 127. The molecule has 0 amide bonds. The van der Waals surface area contributed by atoms with E-state index in [4.69, 9.17) is 0 Å². The molecular formula is C15H17IN2. The van der Waals surface area contributed by atoms with Crippen molar-refractivity contribution in [1.29, 1.82) is 0 Å². The monoisotopic (exact) mass is 352 g/mol. The topological polar surface area (TPSA) is 24.4 Å². The Morgan fingerprint density at radius 2 is 1.94 bits per heavy atom. The summed E-state index contributed by atoms with van der Waals surface area (Å²) in [5, 5.41) is 6.13. The van der Waals surface area contributed by atoms with Gasteiger partial charge >= 0.3 is 0 Å². The van der Waals surface area contributed by atoms with Gasteiger partial charge in [0, 0.05) is 18.7 Å². The molecule has 2 aromatic rings. The van der Waals surface area contributed by atoms with E-state index in [-0.39, 0.29) is 24.0 Å². The van der Waals surface area contributed by atoms with Crippen LogP contribution in [0.4, 0.5) is 5.69 Å². The molecule has 1 aliphatic rings. The number of amidine groups is 1. The van der Waals surface area contributed by atoms with Gasteiger partial charge in [0.2, 0.25) is 0 Å².